The monoisotopic (exact) mass is 319 g/mol. The molecular formula is C16H21N3O2S. The van der Waals surface area contributed by atoms with Gasteiger partial charge in [0.05, 0.1) is 11.1 Å². The van der Waals surface area contributed by atoms with Gasteiger partial charge in [-0.25, -0.2) is 8.42 Å². The summed E-state index contributed by atoms with van der Waals surface area (Å²) in [5.41, 5.74) is 6.15. The Hall–Kier alpha value is -1.50. The molecule has 22 heavy (non-hydrogen) atoms. The third-order valence-electron chi connectivity index (χ3n) is 4.51. The zero-order chi connectivity index (χ0) is 15.7. The lowest BCUT2D eigenvalue weighted by Crippen LogP contribution is -2.50. The second kappa shape index (κ2) is 5.95. The summed E-state index contributed by atoms with van der Waals surface area (Å²) in [5, 5.41) is 1.52. The summed E-state index contributed by atoms with van der Waals surface area (Å²) < 4.78 is 27.5. The first-order chi connectivity index (χ1) is 10.5. The van der Waals surface area contributed by atoms with E-state index >= 15 is 0 Å². The smallest absolute Gasteiger partial charge is 0.245 e. The van der Waals surface area contributed by atoms with Crippen LogP contribution in [0, 0.1) is 5.92 Å². The Bertz CT molecular complexity index is 771. The van der Waals surface area contributed by atoms with Crippen molar-refractivity contribution < 1.29 is 8.42 Å². The molecule has 5 nitrogen and oxygen atoms in total. The zero-order valence-electron chi connectivity index (χ0n) is 12.6. The van der Waals surface area contributed by atoms with E-state index in [1.807, 2.05) is 6.07 Å². The van der Waals surface area contributed by atoms with Gasteiger partial charge < -0.3 is 5.73 Å². The quantitative estimate of drug-likeness (QED) is 0.942. The van der Waals surface area contributed by atoms with Crippen LogP contribution in [0.4, 0.5) is 0 Å². The van der Waals surface area contributed by atoms with Crippen molar-refractivity contribution in [3.05, 3.63) is 36.7 Å². The minimum Gasteiger partial charge on any atom is -0.315 e. The van der Waals surface area contributed by atoms with Gasteiger partial charge in [-0.3, -0.25) is 4.98 Å². The van der Waals surface area contributed by atoms with Crippen LogP contribution in [0.1, 0.15) is 26.2 Å². The number of piperidine rings is 1. The molecule has 1 aromatic carbocycles. The van der Waals surface area contributed by atoms with Gasteiger partial charge in [0, 0.05) is 29.7 Å². The molecule has 1 aliphatic rings. The second-order valence-corrected chi connectivity index (χ2v) is 7.69. The maximum atomic E-state index is 13.0. The maximum absolute atomic E-state index is 13.0. The Kier molecular flexibility index (Phi) is 4.16. The minimum atomic E-state index is -3.59. The van der Waals surface area contributed by atoms with Crippen LogP contribution in [0.15, 0.2) is 41.6 Å². The number of hydrogen-bond donors (Lipinski definition) is 1. The highest BCUT2D eigenvalue weighted by Crippen LogP contribution is 2.31. The average Bonchev–Trinajstić information content (AvgIpc) is 2.53. The summed E-state index contributed by atoms with van der Waals surface area (Å²) in [6.45, 7) is 2.61. The van der Waals surface area contributed by atoms with E-state index in [1.165, 1.54) is 4.31 Å². The first kappa shape index (κ1) is 15.4. The van der Waals surface area contributed by atoms with Crippen LogP contribution < -0.4 is 5.73 Å². The van der Waals surface area contributed by atoms with Gasteiger partial charge in [0.15, 0.2) is 0 Å². The summed E-state index contributed by atoms with van der Waals surface area (Å²) in [7, 11) is -3.59. The fourth-order valence-corrected chi connectivity index (χ4v) is 4.92. The van der Waals surface area contributed by atoms with E-state index in [4.69, 9.17) is 5.73 Å². The standard InChI is InChI=1S/C16H21N3O2S/c1-2-12-7-9-19(16(17)10-12)22(20,21)15-5-3-4-13-11-18-8-6-14(13)15/h3-6,8,11-12,16H,2,7,9-10,17H2,1H3. The number of nitrogens with two attached hydrogens (primary N) is 1. The number of sulfonamides is 1. The summed E-state index contributed by atoms with van der Waals surface area (Å²) in [5.74, 6) is 0.512. The van der Waals surface area contributed by atoms with Crippen LogP contribution in [0.25, 0.3) is 10.8 Å². The second-order valence-electron chi connectivity index (χ2n) is 5.83. The molecule has 0 saturated carbocycles. The largest absolute Gasteiger partial charge is 0.315 e. The van der Waals surface area contributed by atoms with Gasteiger partial charge in [0.25, 0.3) is 0 Å². The Morgan fingerprint density at radius 2 is 2.18 bits per heavy atom. The lowest BCUT2D eigenvalue weighted by atomic mass is 9.94. The molecule has 3 rings (SSSR count). The first-order valence-electron chi connectivity index (χ1n) is 7.64. The fraction of sp³-hybridized carbons (Fsp3) is 0.438. The van der Waals surface area contributed by atoms with Crippen molar-refractivity contribution in [1.82, 2.24) is 9.29 Å². The van der Waals surface area contributed by atoms with Crippen molar-refractivity contribution in [2.75, 3.05) is 6.54 Å². The molecule has 2 unspecified atom stereocenters. The number of pyridine rings is 1. The average molecular weight is 319 g/mol. The number of nitrogens with zero attached hydrogens (tertiary/aromatic N) is 2. The van der Waals surface area contributed by atoms with Crippen LogP contribution in [0.3, 0.4) is 0 Å². The molecule has 1 fully saturated rings. The van der Waals surface area contributed by atoms with Crippen LogP contribution in [0.2, 0.25) is 0 Å². The van der Waals surface area contributed by atoms with Crippen LogP contribution in [-0.2, 0) is 10.0 Å². The van der Waals surface area contributed by atoms with E-state index in [1.54, 1.807) is 30.6 Å². The van der Waals surface area contributed by atoms with Crippen LogP contribution in [0.5, 0.6) is 0 Å². The predicted molar refractivity (Wildman–Crippen MR) is 86.6 cm³/mol. The lowest BCUT2D eigenvalue weighted by molar-refractivity contribution is 0.197. The highest BCUT2D eigenvalue weighted by molar-refractivity contribution is 7.89. The highest BCUT2D eigenvalue weighted by Gasteiger charge is 2.35. The topological polar surface area (TPSA) is 76.3 Å². The molecular weight excluding hydrogens is 298 g/mol. The first-order valence-corrected chi connectivity index (χ1v) is 9.08. The fourth-order valence-electron chi connectivity index (χ4n) is 3.17. The van der Waals surface area contributed by atoms with E-state index in [-0.39, 0.29) is 0 Å². The van der Waals surface area contributed by atoms with Gasteiger partial charge in [-0.15, -0.1) is 0 Å². The lowest BCUT2D eigenvalue weighted by Gasteiger charge is -2.36. The van der Waals surface area contributed by atoms with E-state index in [0.717, 1.165) is 24.6 Å². The third kappa shape index (κ3) is 2.62. The summed E-state index contributed by atoms with van der Waals surface area (Å²) >= 11 is 0. The molecule has 2 atom stereocenters. The third-order valence-corrected chi connectivity index (χ3v) is 6.49. The Labute approximate surface area is 131 Å². The summed E-state index contributed by atoms with van der Waals surface area (Å²) in [4.78, 5) is 4.37. The van der Waals surface area contributed by atoms with Gasteiger partial charge in [-0.2, -0.15) is 4.31 Å². The van der Waals surface area contributed by atoms with Gasteiger partial charge in [0.1, 0.15) is 0 Å². The van der Waals surface area contributed by atoms with Gasteiger partial charge in [-0.1, -0.05) is 25.5 Å². The van der Waals surface area contributed by atoms with Crippen molar-refractivity contribution in [2.24, 2.45) is 11.7 Å². The number of aromatic nitrogens is 1. The molecule has 2 aromatic rings. The van der Waals surface area contributed by atoms with Crippen molar-refractivity contribution in [3.63, 3.8) is 0 Å². The molecule has 0 aliphatic carbocycles. The van der Waals surface area contributed by atoms with Crippen molar-refractivity contribution in [2.45, 2.75) is 37.2 Å². The molecule has 6 heteroatoms. The molecule has 0 amide bonds. The van der Waals surface area contributed by atoms with E-state index in [0.29, 0.717) is 22.7 Å². The molecule has 0 bridgehead atoms. The van der Waals surface area contributed by atoms with Crippen molar-refractivity contribution >= 4 is 20.8 Å². The summed E-state index contributed by atoms with van der Waals surface area (Å²) in [6.07, 6.45) is 5.49. The van der Waals surface area contributed by atoms with Crippen LogP contribution >= 0.6 is 0 Å². The van der Waals surface area contributed by atoms with Gasteiger partial charge in [0.2, 0.25) is 10.0 Å². The van der Waals surface area contributed by atoms with Crippen LogP contribution in [-0.4, -0.2) is 30.4 Å². The molecule has 0 radical (unpaired) electrons. The van der Waals surface area contributed by atoms with Crippen molar-refractivity contribution in [1.29, 1.82) is 0 Å². The highest BCUT2D eigenvalue weighted by atomic mass is 32.2. The Balaban J connectivity index is 2.02. The van der Waals surface area contributed by atoms with Crippen molar-refractivity contribution in [3.8, 4) is 0 Å². The Morgan fingerprint density at radius 1 is 1.36 bits per heavy atom. The van der Waals surface area contributed by atoms with E-state index < -0.39 is 16.2 Å². The predicted octanol–water partition coefficient (Wildman–Crippen LogP) is 2.33. The molecule has 1 aliphatic heterocycles. The molecule has 1 aromatic heterocycles. The molecule has 1 saturated heterocycles. The van der Waals surface area contributed by atoms with Gasteiger partial charge in [-0.05, 0) is 30.9 Å². The number of benzene rings is 1. The van der Waals surface area contributed by atoms with E-state index in [2.05, 4.69) is 11.9 Å². The molecule has 2 heterocycles. The SMILES string of the molecule is CCC1CCN(S(=O)(=O)c2cccc3cnccc23)C(N)C1. The normalized spacial score (nSPS) is 23.7. The maximum Gasteiger partial charge on any atom is 0.245 e. The molecule has 2 N–H and O–H groups in total. The Morgan fingerprint density at radius 3 is 2.91 bits per heavy atom. The zero-order valence-corrected chi connectivity index (χ0v) is 13.5. The minimum absolute atomic E-state index is 0.317. The number of rotatable bonds is 3. The molecule has 0 spiro atoms. The number of fused-ring (bicyclic) bond motifs is 1. The molecule has 118 valence electrons. The van der Waals surface area contributed by atoms with E-state index in [9.17, 15) is 8.42 Å². The number of hydrogen-bond acceptors (Lipinski definition) is 4. The summed E-state index contributed by atoms with van der Waals surface area (Å²) in [6, 6.07) is 7.01. The van der Waals surface area contributed by atoms with Gasteiger partial charge >= 0.3 is 0 Å².